The molecule has 1 aliphatic rings. The van der Waals surface area contributed by atoms with Crippen molar-refractivity contribution in [2.24, 2.45) is 0 Å². The molecule has 0 saturated heterocycles. The lowest BCUT2D eigenvalue weighted by Gasteiger charge is -2.20. The molecule has 3 heterocycles. The van der Waals surface area contributed by atoms with Crippen molar-refractivity contribution >= 4 is 50.2 Å². The van der Waals surface area contributed by atoms with E-state index in [1.54, 1.807) is 28.8 Å². The van der Waals surface area contributed by atoms with Crippen LogP contribution in [0.15, 0.2) is 39.5 Å². The third-order valence-electron chi connectivity index (χ3n) is 3.35. The maximum atomic E-state index is 12.5. The van der Waals surface area contributed by atoms with Crippen molar-refractivity contribution < 1.29 is 14.3 Å². The molecule has 5 nitrogen and oxygen atoms in total. The first-order valence-electron chi connectivity index (χ1n) is 7.10. The van der Waals surface area contributed by atoms with Crippen LogP contribution >= 0.6 is 38.6 Å². The number of ether oxygens (including phenoxy) is 2. The number of fused-ring (bicyclic) bond motifs is 1. The number of carbonyl (C=O) groups is 1. The highest BCUT2D eigenvalue weighted by Gasteiger charge is 2.18. The molecule has 0 unspecified atom stereocenters. The quantitative estimate of drug-likeness (QED) is 0.666. The van der Waals surface area contributed by atoms with Crippen molar-refractivity contribution in [3.05, 3.63) is 45.2 Å². The smallest absolute Gasteiger partial charge is 0.275 e. The molecule has 2 aromatic heterocycles. The Morgan fingerprint density at radius 1 is 1.21 bits per heavy atom. The molecular formula is C16H11BrN2O3S2. The van der Waals surface area contributed by atoms with Gasteiger partial charge in [-0.15, -0.1) is 22.7 Å². The minimum Gasteiger partial charge on any atom is -0.486 e. The van der Waals surface area contributed by atoms with Crippen LogP contribution < -0.4 is 14.8 Å². The molecule has 0 fully saturated rings. The summed E-state index contributed by atoms with van der Waals surface area (Å²) in [6.45, 7) is 1.02. The van der Waals surface area contributed by atoms with E-state index in [0.717, 1.165) is 14.4 Å². The number of rotatable bonds is 3. The first-order chi connectivity index (χ1) is 11.7. The summed E-state index contributed by atoms with van der Waals surface area (Å²) in [5, 5.41) is 7.45. The van der Waals surface area contributed by atoms with Gasteiger partial charge in [0.2, 0.25) is 0 Å². The number of halogens is 1. The molecule has 24 heavy (non-hydrogen) atoms. The van der Waals surface area contributed by atoms with Crippen LogP contribution in [0.2, 0.25) is 0 Å². The molecule has 8 heteroatoms. The SMILES string of the molecule is O=C(Nc1cc2c(cc1Br)OCCO2)c1csc(-c2cccs2)n1. The summed E-state index contributed by atoms with van der Waals surface area (Å²) >= 11 is 6.50. The van der Waals surface area contributed by atoms with Gasteiger partial charge in [0, 0.05) is 22.0 Å². The average molecular weight is 423 g/mol. The van der Waals surface area contributed by atoms with Gasteiger partial charge in [0.05, 0.1) is 10.6 Å². The zero-order valence-electron chi connectivity index (χ0n) is 12.2. The van der Waals surface area contributed by atoms with Crippen LogP contribution in [0.1, 0.15) is 10.5 Å². The second kappa shape index (κ2) is 6.54. The van der Waals surface area contributed by atoms with Crippen LogP contribution in [0, 0.1) is 0 Å². The van der Waals surface area contributed by atoms with Gasteiger partial charge in [-0.1, -0.05) is 6.07 Å². The van der Waals surface area contributed by atoms with Gasteiger partial charge < -0.3 is 14.8 Å². The molecule has 0 atom stereocenters. The first kappa shape index (κ1) is 15.6. The van der Waals surface area contributed by atoms with Crippen molar-refractivity contribution in [1.82, 2.24) is 4.98 Å². The van der Waals surface area contributed by atoms with E-state index in [4.69, 9.17) is 9.47 Å². The minimum atomic E-state index is -0.258. The predicted octanol–water partition coefficient (Wildman–Crippen LogP) is 4.66. The number of hydrogen-bond acceptors (Lipinski definition) is 6. The molecular weight excluding hydrogens is 412 g/mol. The summed E-state index contributed by atoms with van der Waals surface area (Å²) in [4.78, 5) is 17.9. The van der Waals surface area contributed by atoms with E-state index in [1.807, 2.05) is 17.5 Å². The van der Waals surface area contributed by atoms with Gasteiger partial charge >= 0.3 is 0 Å². The molecule has 3 aromatic rings. The average Bonchev–Trinajstić information content (AvgIpc) is 3.26. The van der Waals surface area contributed by atoms with Crippen LogP contribution in [-0.2, 0) is 0 Å². The summed E-state index contributed by atoms with van der Waals surface area (Å²) in [6.07, 6.45) is 0. The Hall–Kier alpha value is -1.90. The number of hydrogen-bond donors (Lipinski definition) is 1. The second-order valence-electron chi connectivity index (χ2n) is 4.95. The highest BCUT2D eigenvalue weighted by molar-refractivity contribution is 9.10. The molecule has 0 spiro atoms. The Morgan fingerprint density at radius 3 is 2.75 bits per heavy atom. The van der Waals surface area contributed by atoms with Crippen molar-refractivity contribution in [1.29, 1.82) is 0 Å². The number of amides is 1. The van der Waals surface area contributed by atoms with Crippen LogP contribution in [-0.4, -0.2) is 24.1 Å². The van der Waals surface area contributed by atoms with Gasteiger partial charge in [-0.2, -0.15) is 0 Å². The molecule has 1 amide bonds. The number of anilines is 1. The maximum Gasteiger partial charge on any atom is 0.275 e. The second-order valence-corrected chi connectivity index (χ2v) is 7.61. The van der Waals surface area contributed by atoms with Crippen LogP contribution in [0.5, 0.6) is 11.5 Å². The van der Waals surface area contributed by atoms with E-state index >= 15 is 0 Å². The Morgan fingerprint density at radius 2 is 2.00 bits per heavy atom. The highest BCUT2D eigenvalue weighted by atomic mass is 79.9. The number of nitrogens with zero attached hydrogens (tertiary/aromatic N) is 1. The fourth-order valence-corrected chi connectivity index (χ4v) is 4.27. The molecule has 0 bridgehead atoms. The molecule has 0 aliphatic carbocycles. The van der Waals surface area contributed by atoms with Crippen molar-refractivity contribution in [3.8, 4) is 21.4 Å². The van der Waals surface area contributed by atoms with Gasteiger partial charge in [0.1, 0.15) is 23.9 Å². The van der Waals surface area contributed by atoms with E-state index in [0.29, 0.717) is 36.1 Å². The van der Waals surface area contributed by atoms with Crippen LogP contribution in [0.25, 0.3) is 9.88 Å². The summed E-state index contributed by atoms with van der Waals surface area (Å²) < 4.78 is 11.8. The number of thiazole rings is 1. The highest BCUT2D eigenvalue weighted by Crippen LogP contribution is 2.38. The van der Waals surface area contributed by atoms with Crippen molar-refractivity contribution in [2.75, 3.05) is 18.5 Å². The lowest BCUT2D eigenvalue weighted by atomic mass is 10.2. The van der Waals surface area contributed by atoms with E-state index in [2.05, 4.69) is 26.2 Å². The first-order valence-corrected chi connectivity index (χ1v) is 9.66. The zero-order chi connectivity index (χ0) is 16.5. The monoisotopic (exact) mass is 422 g/mol. The molecule has 4 rings (SSSR count). The van der Waals surface area contributed by atoms with Crippen LogP contribution in [0.4, 0.5) is 5.69 Å². The molecule has 0 radical (unpaired) electrons. The fourth-order valence-electron chi connectivity index (χ4n) is 2.24. The van der Waals surface area contributed by atoms with E-state index in [1.165, 1.54) is 11.3 Å². The summed E-state index contributed by atoms with van der Waals surface area (Å²) in [5.74, 6) is 1.03. The molecule has 0 saturated carbocycles. The maximum absolute atomic E-state index is 12.5. The Bertz CT molecular complexity index is 893. The normalized spacial score (nSPS) is 12.9. The topological polar surface area (TPSA) is 60.5 Å². The number of carbonyl (C=O) groups excluding carboxylic acids is 1. The fraction of sp³-hybridized carbons (Fsp3) is 0.125. The summed E-state index contributed by atoms with van der Waals surface area (Å²) in [6, 6.07) is 7.50. The summed E-state index contributed by atoms with van der Waals surface area (Å²) in [5.41, 5.74) is 1.01. The standard InChI is InChI=1S/C16H11BrN2O3S2/c17-9-6-12-13(22-4-3-21-12)7-10(9)18-15(20)11-8-24-16(19-11)14-2-1-5-23-14/h1-2,5-8H,3-4H2,(H,18,20). The number of aromatic nitrogens is 1. The molecule has 1 aliphatic heterocycles. The zero-order valence-corrected chi connectivity index (χ0v) is 15.5. The predicted molar refractivity (Wildman–Crippen MR) is 98.5 cm³/mol. The molecule has 122 valence electrons. The van der Waals surface area contributed by atoms with Crippen LogP contribution in [0.3, 0.4) is 0 Å². The Kier molecular flexibility index (Phi) is 4.26. The number of nitrogens with one attached hydrogen (secondary N) is 1. The van der Waals surface area contributed by atoms with Gasteiger partial charge in [-0.3, -0.25) is 4.79 Å². The lowest BCUT2D eigenvalue weighted by molar-refractivity contribution is 0.102. The molecule has 1 aromatic carbocycles. The van der Waals surface area contributed by atoms with Gasteiger partial charge in [-0.25, -0.2) is 4.98 Å². The number of thiophene rings is 1. The third-order valence-corrected chi connectivity index (χ3v) is 5.89. The Balaban J connectivity index is 1.56. The lowest BCUT2D eigenvalue weighted by Crippen LogP contribution is -2.17. The summed E-state index contributed by atoms with van der Waals surface area (Å²) in [7, 11) is 0. The Labute approximate surface area is 154 Å². The van der Waals surface area contributed by atoms with Gasteiger partial charge in [0.25, 0.3) is 5.91 Å². The van der Waals surface area contributed by atoms with Crippen molar-refractivity contribution in [2.45, 2.75) is 0 Å². The minimum absolute atomic E-state index is 0.258. The number of benzene rings is 1. The third kappa shape index (κ3) is 3.04. The molecule has 1 N–H and O–H groups in total. The van der Waals surface area contributed by atoms with E-state index < -0.39 is 0 Å². The van der Waals surface area contributed by atoms with E-state index in [9.17, 15) is 4.79 Å². The van der Waals surface area contributed by atoms with Crippen molar-refractivity contribution in [3.63, 3.8) is 0 Å². The van der Waals surface area contributed by atoms with Gasteiger partial charge in [-0.05, 0) is 27.4 Å². The van der Waals surface area contributed by atoms with Gasteiger partial charge in [0.15, 0.2) is 11.5 Å². The largest absolute Gasteiger partial charge is 0.486 e. The van der Waals surface area contributed by atoms with E-state index in [-0.39, 0.29) is 5.91 Å².